The van der Waals surface area contributed by atoms with Gasteiger partial charge in [0.1, 0.15) is 12.0 Å². The quantitative estimate of drug-likeness (QED) is 0.600. The topological polar surface area (TPSA) is 98.0 Å². The van der Waals surface area contributed by atoms with Gasteiger partial charge in [0.2, 0.25) is 0 Å². The third-order valence-electron chi connectivity index (χ3n) is 3.61. The summed E-state index contributed by atoms with van der Waals surface area (Å²) in [6, 6.07) is 9.92. The highest BCUT2D eigenvalue weighted by molar-refractivity contribution is 5.94. The van der Waals surface area contributed by atoms with Gasteiger partial charge < -0.3 is 21.1 Å². The van der Waals surface area contributed by atoms with Gasteiger partial charge in [-0.3, -0.25) is 4.98 Å². The van der Waals surface area contributed by atoms with Crippen molar-refractivity contribution >= 4 is 33.9 Å². The summed E-state index contributed by atoms with van der Waals surface area (Å²) in [7, 11) is 1.65. The first-order chi connectivity index (χ1) is 11.7. The van der Waals surface area contributed by atoms with Crippen molar-refractivity contribution in [1.82, 2.24) is 15.0 Å². The van der Waals surface area contributed by atoms with Crippen molar-refractivity contribution in [3.63, 3.8) is 0 Å². The number of ether oxygens (including phenoxy) is 1. The molecule has 0 aliphatic heterocycles. The molecule has 0 saturated carbocycles. The maximum atomic E-state index is 6.18. The van der Waals surface area contributed by atoms with Crippen molar-refractivity contribution in [3.8, 4) is 0 Å². The normalized spacial score (nSPS) is 10.8. The molecule has 7 nitrogen and oxygen atoms in total. The number of hydrogen-bond donors (Lipinski definition) is 3. The standard InChI is InChI=1S/C17H20N6O/c1-11-6-7-12-13(22-11)4-3-5-14(12)23-17-15(18)16(20-10-21-17)19-8-9-24-2/h3-7,10H,8-9,18H2,1-2H3,(H2,19,20,21,23). The molecule has 2 heterocycles. The van der Waals surface area contributed by atoms with Gasteiger partial charge in [-0.1, -0.05) is 6.07 Å². The van der Waals surface area contributed by atoms with Gasteiger partial charge in [0.25, 0.3) is 0 Å². The number of nitrogens with one attached hydrogen (secondary N) is 2. The number of hydrogen-bond acceptors (Lipinski definition) is 7. The first-order valence-corrected chi connectivity index (χ1v) is 7.65. The highest BCUT2D eigenvalue weighted by Gasteiger charge is 2.10. The molecule has 0 aliphatic rings. The maximum absolute atomic E-state index is 6.18. The Bertz CT molecular complexity index is 852. The zero-order chi connectivity index (χ0) is 16.9. The van der Waals surface area contributed by atoms with Crippen LogP contribution >= 0.6 is 0 Å². The molecule has 3 aromatic rings. The molecule has 0 radical (unpaired) electrons. The Morgan fingerprint density at radius 2 is 1.96 bits per heavy atom. The van der Waals surface area contributed by atoms with Crippen molar-refractivity contribution in [1.29, 1.82) is 0 Å². The van der Waals surface area contributed by atoms with Crippen LogP contribution in [-0.4, -0.2) is 35.2 Å². The molecule has 1 aromatic carbocycles. The summed E-state index contributed by atoms with van der Waals surface area (Å²) in [5.74, 6) is 1.14. The van der Waals surface area contributed by atoms with Crippen LogP contribution in [0.2, 0.25) is 0 Å². The van der Waals surface area contributed by atoms with Gasteiger partial charge in [0, 0.05) is 30.4 Å². The van der Waals surface area contributed by atoms with E-state index in [1.165, 1.54) is 6.33 Å². The molecule has 0 saturated heterocycles. The van der Waals surface area contributed by atoms with E-state index in [9.17, 15) is 0 Å². The lowest BCUT2D eigenvalue weighted by molar-refractivity contribution is 0.210. The number of aromatic nitrogens is 3. The molecular formula is C17H20N6O. The summed E-state index contributed by atoms with van der Waals surface area (Å²) >= 11 is 0. The van der Waals surface area contributed by atoms with E-state index in [0.29, 0.717) is 30.5 Å². The predicted octanol–water partition coefficient (Wildman–Crippen LogP) is 2.72. The Balaban J connectivity index is 1.90. The van der Waals surface area contributed by atoms with Crippen LogP contribution in [0.1, 0.15) is 5.69 Å². The Morgan fingerprint density at radius 3 is 2.79 bits per heavy atom. The minimum absolute atomic E-state index is 0.464. The molecule has 0 bridgehead atoms. The molecule has 0 spiro atoms. The minimum Gasteiger partial charge on any atom is -0.393 e. The van der Waals surface area contributed by atoms with E-state index in [0.717, 1.165) is 22.3 Å². The van der Waals surface area contributed by atoms with Crippen molar-refractivity contribution < 1.29 is 4.74 Å². The van der Waals surface area contributed by atoms with E-state index < -0.39 is 0 Å². The second kappa shape index (κ2) is 7.10. The molecule has 4 N–H and O–H groups in total. The van der Waals surface area contributed by atoms with Crippen molar-refractivity contribution in [2.45, 2.75) is 6.92 Å². The van der Waals surface area contributed by atoms with E-state index >= 15 is 0 Å². The average molecular weight is 324 g/mol. The molecule has 0 unspecified atom stereocenters. The zero-order valence-corrected chi connectivity index (χ0v) is 13.7. The van der Waals surface area contributed by atoms with Crippen molar-refractivity contribution in [2.24, 2.45) is 0 Å². The SMILES string of the molecule is COCCNc1ncnc(Nc2cccc3nc(C)ccc23)c1N. The number of nitrogens with two attached hydrogens (primary N) is 1. The number of anilines is 4. The number of rotatable bonds is 6. The Hall–Kier alpha value is -2.93. The molecule has 2 aromatic heterocycles. The van der Waals surface area contributed by atoms with Crippen LogP contribution in [0, 0.1) is 6.92 Å². The fraction of sp³-hybridized carbons (Fsp3) is 0.235. The number of pyridine rings is 1. The van der Waals surface area contributed by atoms with Gasteiger partial charge in [-0.25, -0.2) is 9.97 Å². The van der Waals surface area contributed by atoms with E-state index in [2.05, 4.69) is 25.6 Å². The van der Waals surface area contributed by atoms with Gasteiger partial charge in [-0.2, -0.15) is 0 Å². The lowest BCUT2D eigenvalue weighted by Gasteiger charge is -2.13. The largest absolute Gasteiger partial charge is 0.393 e. The summed E-state index contributed by atoms with van der Waals surface area (Å²) in [6.07, 6.45) is 1.47. The van der Waals surface area contributed by atoms with Crippen LogP contribution in [0.4, 0.5) is 23.0 Å². The first-order valence-electron chi connectivity index (χ1n) is 7.65. The number of benzene rings is 1. The summed E-state index contributed by atoms with van der Waals surface area (Å²) in [4.78, 5) is 13.0. The predicted molar refractivity (Wildman–Crippen MR) is 96.6 cm³/mol. The third-order valence-corrected chi connectivity index (χ3v) is 3.61. The monoisotopic (exact) mass is 324 g/mol. The Labute approximate surface area is 140 Å². The number of fused-ring (bicyclic) bond motifs is 1. The fourth-order valence-electron chi connectivity index (χ4n) is 2.40. The Morgan fingerprint density at radius 1 is 1.12 bits per heavy atom. The van der Waals surface area contributed by atoms with E-state index in [4.69, 9.17) is 10.5 Å². The molecule has 0 amide bonds. The fourth-order valence-corrected chi connectivity index (χ4v) is 2.40. The second-order valence-corrected chi connectivity index (χ2v) is 5.35. The first kappa shape index (κ1) is 15.9. The van der Waals surface area contributed by atoms with Crippen molar-refractivity contribution in [2.75, 3.05) is 36.6 Å². The van der Waals surface area contributed by atoms with Gasteiger partial charge in [0.15, 0.2) is 11.6 Å². The van der Waals surface area contributed by atoms with Gasteiger partial charge in [-0.15, -0.1) is 0 Å². The van der Waals surface area contributed by atoms with Gasteiger partial charge in [0.05, 0.1) is 12.1 Å². The molecule has 0 atom stereocenters. The number of nitrogens with zero attached hydrogens (tertiary/aromatic N) is 3. The smallest absolute Gasteiger partial charge is 0.159 e. The van der Waals surface area contributed by atoms with E-state index in [-0.39, 0.29) is 0 Å². The lowest BCUT2D eigenvalue weighted by Crippen LogP contribution is -2.12. The molecule has 0 fully saturated rings. The molecule has 0 aliphatic carbocycles. The summed E-state index contributed by atoms with van der Waals surface area (Å²) in [5, 5.41) is 7.42. The second-order valence-electron chi connectivity index (χ2n) is 5.35. The van der Waals surface area contributed by atoms with Crippen molar-refractivity contribution in [3.05, 3.63) is 42.4 Å². The molecule has 24 heavy (non-hydrogen) atoms. The van der Waals surface area contributed by atoms with Crippen LogP contribution < -0.4 is 16.4 Å². The van der Waals surface area contributed by atoms with Gasteiger partial charge >= 0.3 is 0 Å². The maximum Gasteiger partial charge on any atom is 0.159 e. The molecule has 7 heteroatoms. The Kier molecular flexibility index (Phi) is 4.72. The molecule has 3 rings (SSSR count). The number of aryl methyl sites for hydroxylation is 1. The van der Waals surface area contributed by atoms with E-state index in [1.807, 2.05) is 37.3 Å². The van der Waals surface area contributed by atoms with Gasteiger partial charge in [-0.05, 0) is 31.2 Å². The lowest BCUT2D eigenvalue weighted by atomic mass is 10.1. The van der Waals surface area contributed by atoms with Crippen LogP contribution in [0.3, 0.4) is 0 Å². The van der Waals surface area contributed by atoms with E-state index in [1.54, 1.807) is 7.11 Å². The molecular weight excluding hydrogens is 304 g/mol. The summed E-state index contributed by atoms with van der Waals surface area (Å²) in [6.45, 7) is 3.16. The highest BCUT2D eigenvalue weighted by Crippen LogP contribution is 2.29. The third kappa shape index (κ3) is 3.36. The number of methoxy groups -OCH3 is 1. The van der Waals surface area contributed by atoms with Crippen LogP contribution in [0.15, 0.2) is 36.7 Å². The highest BCUT2D eigenvalue weighted by atomic mass is 16.5. The van der Waals surface area contributed by atoms with Crippen LogP contribution in [-0.2, 0) is 4.74 Å². The van der Waals surface area contributed by atoms with Crippen LogP contribution in [0.5, 0.6) is 0 Å². The minimum atomic E-state index is 0.464. The zero-order valence-electron chi connectivity index (χ0n) is 13.7. The summed E-state index contributed by atoms with van der Waals surface area (Å²) < 4.78 is 5.02. The molecule has 124 valence electrons. The summed E-state index contributed by atoms with van der Waals surface area (Å²) in [5.41, 5.74) is 9.44. The average Bonchev–Trinajstić information content (AvgIpc) is 2.58. The van der Waals surface area contributed by atoms with Crippen LogP contribution in [0.25, 0.3) is 10.9 Å². The number of nitrogen functional groups attached to an aromatic ring is 1.